The highest BCUT2D eigenvalue weighted by Gasteiger charge is 2.14. The summed E-state index contributed by atoms with van der Waals surface area (Å²) in [7, 11) is 0. The van der Waals surface area contributed by atoms with Crippen molar-refractivity contribution in [2.75, 3.05) is 6.61 Å². The van der Waals surface area contributed by atoms with Crippen LogP contribution in [0.5, 0.6) is 11.5 Å². The van der Waals surface area contributed by atoms with Crippen LogP contribution in [-0.4, -0.2) is 22.5 Å². The summed E-state index contributed by atoms with van der Waals surface area (Å²) in [4.78, 5) is 17.6. The van der Waals surface area contributed by atoms with Gasteiger partial charge in [0.05, 0.1) is 23.7 Å². The number of hydrogen-bond acceptors (Lipinski definition) is 5. The lowest BCUT2D eigenvalue weighted by molar-refractivity contribution is 0.267. The van der Waals surface area contributed by atoms with Crippen LogP contribution in [0.1, 0.15) is 29.4 Å². The van der Waals surface area contributed by atoms with Gasteiger partial charge >= 0.3 is 0 Å². The van der Waals surface area contributed by atoms with Gasteiger partial charge in [-0.25, -0.2) is 9.37 Å². The standard InChI is InChI=1S/C28H25BrFN3O3/c1-4-6-21-13-20(14-26(35-5-2)27(21)36-17-19-7-10-23(30)11-8-19)16-31-33-18(3)32-25-12-9-22(29)15-24(25)28(33)34/h4,7-16H,1,5-6,17H2,2-3H3. The third-order valence-electron chi connectivity index (χ3n) is 5.41. The quantitative estimate of drug-likeness (QED) is 0.184. The summed E-state index contributed by atoms with van der Waals surface area (Å²) < 4.78 is 27.3. The molecule has 0 radical (unpaired) electrons. The van der Waals surface area contributed by atoms with Gasteiger partial charge in [0, 0.05) is 10.0 Å². The molecule has 0 aliphatic heterocycles. The zero-order valence-electron chi connectivity index (χ0n) is 20.0. The average molecular weight is 550 g/mol. The third-order valence-corrected chi connectivity index (χ3v) is 5.90. The van der Waals surface area contributed by atoms with Crippen LogP contribution in [-0.2, 0) is 13.0 Å². The van der Waals surface area contributed by atoms with Gasteiger partial charge in [0.25, 0.3) is 5.56 Å². The number of fused-ring (bicyclic) bond motifs is 1. The molecule has 0 unspecified atom stereocenters. The van der Waals surface area contributed by atoms with Crippen LogP contribution in [0.25, 0.3) is 10.9 Å². The van der Waals surface area contributed by atoms with Gasteiger partial charge in [-0.1, -0.05) is 34.1 Å². The Morgan fingerprint density at radius 1 is 1.14 bits per heavy atom. The van der Waals surface area contributed by atoms with E-state index < -0.39 is 0 Å². The fourth-order valence-electron chi connectivity index (χ4n) is 3.75. The highest BCUT2D eigenvalue weighted by molar-refractivity contribution is 9.10. The van der Waals surface area contributed by atoms with Gasteiger partial charge in [-0.3, -0.25) is 4.79 Å². The Morgan fingerprint density at radius 3 is 2.64 bits per heavy atom. The number of nitrogens with zero attached hydrogens (tertiary/aromatic N) is 3. The van der Waals surface area contributed by atoms with E-state index in [1.54, 1.807) is 43.5 Å². The predicted octanol–water partition coefficient (Wildman–Crippen LogP) is 6.19. The Bertz CT molecular complexity index is 1500. The van der Waals surface area contributed by atoms with Gasteiger partial charge < -0.3 is 9.47 Å². The van der Waals surface area contributed by atoms with Crippen molar-refractivity contribution in [3.8, 4) is 11.5 Å². The second-order valence-electron chi connectivity index (χ2n) is 8.03. The van der Waals surface area contributed by atoms with E-state index in [0.717, 1.165) is 21.2 Å². The SMILES string of the molecule is C=CCc1cc(C=Nn2c(C)nc3ccc(Br)cc3c2=O)cc(OCC)c1OCc1ccc(F)cc1. The van der Waals surface area contributed by atoms with E-state index >= 15 is 0 Å². The molecule has 0 aliphatic carbocycles. The molecular formula is C28H25BrFN3O3. The zero-order chi connectivity index (χ0) is 25.7. The third kappa shape index (κ3) is 5.71. The van der Waals surface area contributed by atoms with Crippen LogP contribution in [0.15, 0.2) is 81.6 Å². The second-order valence-corrected chi connectivity index (χ2v) is 8.95. The summed E-state index contributed by atoms with van der Waals surface area (Å²) in [6.45, 7) is 8.17. The van der Waals surface area contributed by atoms with Gasteiger partial charge in [0.15, 0.2) is 11.5 Å². The van der Waals surface area contributed by atoms with Crippen molar-refractivity contribution in [3.05, 3.63) is 110 Å². The minimum absolute atomic E-state index is 0.255. The van der Waals surface area contributed by atoms with Gasteiger partial charge in [0.1, 0.15) is 18.2 Å². The van der Waals surface area contributed by atoms with Crippen molar-refractivity contribution in [1.29, 1.82) is 0 Å². The summed E-state index contributed by atoms with van der Waals surface area (Å²) in [5.41, 5.74) is 2.76. The Morgan fingerprint density at radius 2 is 1.92 bits per heavy atom. The largest absolute Gasteiger partial charge is 0.490 e. The maximum atomic E-state index is 13.3. The topological polar surface area (TPSA) is 65.7 Å². The first-order valence-corrected chi connectivity index (χ1v) is 12.2. The van der Waals surface area contributed by atoms with Gasteiger partial charge in [-0.05, 0) is 73.9 Å². The van der Waals surface area contributed by atoms with E-state index in [-0.39, 0.29) is 18.0 Å². The predicted molar refractivity (Wildman–Crippen MR) is 144 cm³/mol. The normalized spacial score (nSPS) is 11.2. The molecule has 0 N–H and O–H groups in total. The first kappa shape index (κ1) is 25.3. The minimum Gasteiger partial charge on any atom is -0.490 e. The van der Waals surface area contributed by atoms with E-state index in [2.05, 4.69) is 32.6 Å². The maximum absolute atomic E-state index is 13.3. The monoisotopic (exact) mass is 549 g/mol. The molecule has 6 nitrogen and oxygen atoms in total. The van der Waals surface area contributed by atoms with Crippen LogP contribution in [0, 0.1) is 12.7 Å². The van der Waals surface area contributed by atoms with E-state index in [0.29, 0.717) is 41.3 Å². The number of rotatable bonds is 9. The highest BCUT2D eigenvalue weighted by Crippen LogP contribution is 2.34. The molecule has 184 valence electrons. The molecule has 1 aromatic heterocycles. The molecule has 0 atom stereocenters. The van der Waals surface area contributed by atoms with Crippen molar-refractivity contribution in [2.24, 2.45) is 5.10 Å². The summed E-state index contributed by atoms with van der Waals surface area (Å²) in [5.74, 6) is 1.31. The molecule has 0 fully saturated rings. The number of benzene rings is 3. The van der Waals surface area contributed by atoms with Crippen LogP contribution < -0.4 is 15.0 Å². The van der Waals surface area contributed by atoms with Crippen molar-refractivity contribution in [3.63, 3.8) is 0 Å². The molecule has 0 aliphatic rings. The van der Waals surface area contributed by atoms with Crippen molar-refractivity contribution in [2.45, 2.75) is 26.9 Å². The first-order chi connectivity index (χ1) is 17.4. The summed E-state index contributed by atoms with van der Waals surface area (Å²) in [6, 6.07) is 15.3. The smallest absolute Gasteiger partial charge is 0.282 e. The molecule has 0 bridgehead atoms. The first-order valence-electron chi connectivity index (χ1n) is 11.4. The molecule has 0 saturated heterocycles. The van der Waals surface area contributed by atoms with Crippen LogP contribution in [0.2, 0.25) is 0 Å². The average Bonchev–Trinajstić information content (AvgIpc) is 2.85. The van der Waals surface area contributed by atoms with Crippen molar-refractivity contribution >= 4 is 33.0 Å². The summed E-state index contributed by atoms with van der Waals surface area (Å²) >= 11 is 3.40. The van der Waals surface area contributed by atoms with Gasteiger partial charge in [-0.2, -0.15) is 9.78 Å². The van der Waals surface area contributed by atoms with Crippen molar-refractivity contribution < 1.29 is 13.9 Å². The lowest BCUT2D eigenvalue weighted by Gasteiger charge is -2.17. The number of hydrogen-bond donors (Lipinski definition) is 0. The van der Waals surface area contributed by atoms with Crippen LogP contribution in [0.3, 0.4) is 0 Å². The van der Waals surface area contributed by atoms with E-state index in [1.165, 1.54) is 16.8 Å². The fraction of sp³-hybridized carbons (Fsp3) is 0.179. The molecule has 4 rings (SSSR count). The Kier molecular flexibility index (Phi) is 7.95. The molecular weight excluding hydrogens is 525 g/mol. The molecule has 0 spiro atoms. The molecule has 0 saturated carbocycles. The summed E-state index contributed by atoms with van der Waals surface area (Å²) in [5, 5.41) is 4.90. The highest BCUT2D eigenvalue weighted by atomic mass is 79.9. The van der Waals surface area contributed by atoms with Crippen LogP contribution >= 0.6 is 15.9 Å². The number of aromatic nitrogens is 2. The zero-order valence-corrected chi connectivity index (χ0v) is 21.6. The molecule has 8 heteroatoms. The molecule has 36 heavy (non-hydrogen) atoms. The number of halogens is 2. The molecule has 3 aromatic carbocycles. The summed E-state index contributed by atoms with van der Waals surface area (Å²) in [6.07, 6.45) is 3.90. The van der Waals surface area contributed by atoms with Crippen molar-refractivity contribution in [1.82, 2.24) is 9.66 Å². The van der Waals surface area contributed by atoms with E-state index in [1.807, 2.05) is 25.1 Å². The number of allylic oxidation sites excluding steroid dienone is 1. The molecule has 0 amide bonds. The lowest BCUT2D eigenvalue weighted by Crippen LogP contribution is -2.20. The number of aryl methyl sites for hydroxylation is 1. The Labute approximate surface area is 216 Å². The maximum Gasteiger partial charge on any atom is 0.282 e. The second kappa shape index (κ2) is 11.3. The van der Waals surface area contributed by atoms with E-state index in [9.17, 15) is 9.18 Å². The lowest BCUT2D eigenvalue weighted by atomic mass is 10.1. The fourth-order valence-corrected chi connectivity index (χ4v) is 4.11. The van der Waals surface area contributed by atoms with Crippen LogP contribution in [0.4, 0.5) is 4.39 Å². The molecule has 1 heterocycles. The minimum atomic E-state index is -0.298. The van der Waals surface area contributed by atoms with Gasteiger partial charge in [0.2, 0.25) is 0 Å². The molecule has 4 aromatic rings. The van der Waals surface area contributed by atoms with Gasteiger partial charge in [-0.15, -0.1) is 6.58 Å². The number of ether oxygens (including phenoxy) is 2. The van der Waals surface area contributed by atoms with E-state index in [4.69, 9.17) is 9.47 Å². The Balaban J connectivity index is 1.71. The Hall–Kier alpha value is -3.78.